The molecular weight excluding hydrogens is 474 g/mol. The molecule has 9 heteroatoms. The third-order valence-corrected chi connectivity index (χ3v) is 8.19. The predicted molar refractivity (Wildman–Crippen MR) is 135 cm³/mol. The monoisotopic (exact) mass is 499 g/mol. The number of nitrogens with one attached hydrogen (secondary N) is 1. The van der Waals surface area contributed by atoms with Crippen LogP contribution in [0.3, 0.4) is 0 Å². The Morgan fingerprint density at radius 3 is 2.47 bits per heavy atom. The zero-order chi connectivity index (χ0) is 24.5. The van der Waals surface area contributed by atoms with E-state index in [0.717, 1.165) is 16.7 Å². The molecule has 2 N–H and O–H groups in total. The average molecular weight is 500 g/mol. The van der Waals surface area contributed by atoms with Gasteiger partial charge in [0.2, 0.25) is 15.6 Å². The van der Waals surface area contributed by atoms with Crippen LogP contribution < -0.4 is 10.3 Å². The highest BCUT2D eigenvalue weighted by Crippen LogP contribution is 2.34. The molecule has 0 aliphatic heterocycles. The van der Waals surface area contributed by atoms with Gasteiger partial charge in [-0.2, -0.15) is 0 Å². The highest BCUT2D eigenvalue weighted by atomic mass is 35.5. The van der Waals surface area contributed by atoms with Crippen molar-refractivity contribution in [2.24, 2.45) is 12.2 Å². The number of aryl methyl sites for hydroxylation is 2. The van der Waals surface area contributed by atoms with Crippen LogP contribution in [0.4, 0.5) is 5.69 Å². The molecular formula is C25H26ClN3O4S. The third kappa shape index (κ3) is 5.34. The molecule has 0 amide bonds. The van der Waals surface area contributed by atoms with Gasteiger partial charge < -0.3 is 9.77 Å². The van der Waals surface area contributed by atoms with Crippen LogP contribution in [0, 0.1) is 6.92 Å². The highest BCUT2D eigenvalue weighted by Gasteiger charge is 2.35. The summed E-state index contributed by atoms with van der Waals surface area (Å²) >= 11 is 6.18. The van der Waals surface area contributed by atoms with Gasteiger partial charge >= 0.3 is 0 Å². The first-order chi connectivity index (χ1) is 16.2. The Morgan fingerprint density at radius 1 is 1.18 bits per heavy atom. The standard InChI is InChI=1S/C25H26ClN3O4S/c1-16-13-19(26)6-11-22(16)23(14-24(27-31)18-5-12-25(30)29(2)15-18)17-3-7-20(8-4-17)28-34(32,33)21-9-10-21/h3-8,11-13,15,21,23,28,31H,9-10,14H2,1-2H3/b27-24-. The van der Waals surface area contributed by atoms with Crippen LogP contribution in [-0.2, 0) is 17.1 Å². The van der Waals surface area contributed by atoms with Crippen LogP contribution in [-0.4, -0.2) is 29.2 Å². The lowest BCUT2D eigenvalue weighted by Gasteiger charge is -2.22. The number of hydrogen-bond donors (Lipinski definition) is 2. The maximum atomic E-state index is 12.3. The maximum absolute atomic E-state index is 12.3. The summed E-state index contributed by atoms with van der Waals surface area (Å²) in [5, 5.41) is 13.7. The van der Waals surface area contributed by atoms with Crippen molar-refractivity contribution in [3.63, 3.8) is 0 Å². The molecule has 0 saturated heterocycles. The van der Waals surface area contributed by atoms with Crippen molar-refractivity contribution in [3.8, 4) is 0 Å². The summed E-state index contributed by atoms with van der Waals surface area (Å²) in [7, 11) is -1.71. The molecule has 34 heavy (non-hydrogen) atoms. The summed E-state index contributed by atoms with van der Waals surface area (Å²) in [4.78, 5) is 11.8. The Hall–Kier alpha value is -3.10. The van der Waals surface area contributed by atoms with Gasteiger partial charge in [-0.1, -0.05) is 35.0 Å². The van der Waals surface area contributed by atoms with Gasteiger partial charge in [0.1, 0.15) is 0 Å². The van der Waals surface area contributed by atoms with E-state index in [1.807, 2.05) is 37.3 Å². The molecule has 1 fully saturated rings. The predicted octanol–water partition coefficient (Wildman–Crippen LogP) is 4.65. The Kier molecular flexibility index (Phi) is 6.81. The zero-order valence-corrected chi connectivity index (χ0v) is 20.5. The lowest BCUT2D eigenvalue weighted by molar-refractivity contribution is 0.317. The fraction of sp³-hybridized carbons (Fsp3) is 0.280. The molecule has 3 aromatic rings. The fourth-order valence-corrected chi connectivity index (χ4v) is 5.64. The van der Waals surface area contributed by atoms with Crippen molar-refractivity contribution in [1.29, 1.82) is 0 Å². The second kappa shape index (κ2) is 9.64. The maximum Gasteiger partial charge on any atom is 0.250 e. The SMILES string of the molecule is Cc1cc(Cl)ccc1C(C/C(=N/O)c1ccc(=O)n(C)c1)c1ccc(NS(=O)(=O)C2CC2)cc1. The fourth-order valence-electron chi connectivity index (χ4n) is 4.02. The summed E-state index contributed by atoms with van der Waals surface area (Å²) in [5.74, 6) is -0.200. The van der Waals surface area contributed by atoms with E-state index in [1.54, 1.807) is 31.4 Å². The first kappa shape index (κ1) is 24.0. The molecule has 1 unspecified atom stereocenters. The largest absolute Gasteiger partial charge is 0.411 e. The zero-order valence-electron chi connectivity index (χ0n) is 18.9. The van der Waals surface area contributed by atoms with Crippen LogP contribution in [0.25, 0.3) is 0 Å². The van der Waals surface area contributed by atoms with Crippen LogP contribution in [0.5, 0.6) is 0 Å². The second-order valence-corrected chi connectivity index (χ2v) is 11.0. The van der Waals surface area contributed by atoms with E-state index in [0.29, 0.717) is 41.2 Å². The highest BCUT2D eigenvalue weighted by molar-refractivity contribution is 7.93. The van der Waals surface area contributed by atoms with Gasteiger partial charge in [0.15, 0.2) is 0 Å². The molecule has 1 saturated carbocycles. The van der Waals surface area contributed by atoms with E-state index >= 15 is 0 Å². The Bertz CT molecular complexity index is 1390. The van der Waals surface area contributed by atoms with Gasteiger partial charge in [-0.05, 0) is 66.8 Å². The lowest BCUT2D eigenvalue weighted by atomic mass is 9.83. The van der Waals surface area contributed by atoms with Gasteiger partial charge in [-0.25, -0.2) is 8.42 Å². The van der Waals surface area contributed by atoms with Crippen LogP contribution in [0.2, 0.25) is 5.02 Å². The van der Waals surface area contributed by atoms with Crippen LogP contribution in [0.15, 0.2) is 70.7 Å². The first-order valence-electron chi connectivity index (χ1n) is 10.9. The summed E-state index contributed by atoms with van der Waals surface area (Å²) in [6.45, 7) is 1.97. The van der Waals surface area contributed by atoms with Gasteiger partial charge in [0.05, 0.1) is 11.0 Å². The van der Waals surface area contributed by atoms with E-state index < -0.39 is 10.0 Å². The topological polar surface area (TPSA) is 101 Å². The number of hydrogen-bond acceptors (Lipinski definition) is 5. The van der Waals surface area contributed by atoms with E-state index in [9.17, 15) is 18.4 Å². The molecule has 0 spiro atoms. The van der Waals surface area contributed by atoms with Crippen molar-refractivity contribution in [2.45, 2.75) is 37.4 Å². The molecule has 0 radical (unpaired) electrons. The average Bonchev–Trinajstić information content (AvgIpc) is 3.64. The summed E-state index contributed by atoms with van der Waals surface area (Å²) in [6, 6.07) is 16.0. The van der Waals surface area contributed by atoms with Crippen LogP contribution >= 0.6 is 11.6 Å². The van der Waals surface area contributed by atoms with Gasteiger partial charge in [0.25, 0.3) is 0 Å². The van der Waals surface area contributed by atoms with Crippen molar-refractivity contribution in [3.05, 3.63) is 98.4 Å². The number of nitrogens with zero attached hydrogens (tertiary/aromatic N) is 2. The molecule has 1 atom stereocenters. The third-order valence-electron chi connectivity index (χ3n) is 6.08. The van der Waals surface area contributed by atoms with Crippen molar-refractivity contribution in [1.82, 2.24) is 4.57 Å². The molecule has 2 aromatic carbocycles. The Balaban J connectivity index is 1.69. The molecule has 1 aromatic heterocycles. The van der Waals surface area contributed by atoms with Gasteiger partial charge in [-0.3, -0.25) is 9.52 Å². The van der Waals surface area contributed by atoms with Crippen molar-refractivity contribution < 1.29 is 13.6 Å². The minimum atomic E-state index is -3.35. The number of sulfonamides is 1. The van der Waals surface area contributed by atoms with Crippen molar-refractivity contribution >= 4 is 33.0 Å². The number of aromatic nitrogens is 1. The normalized spacial score (nSPS) is 15.2. The van der Waals surface area contributed by atoms with E-state index in [-0.39, 0.29) is 16.7 Å². The van der Waals surface area contributed by atoms with Gasteiger partial charge in [0, 0.05) is 47.9 Å². The minimum Gasteiger partial charge on any atom is -0.411 e. The Morgan fingerprint density at radius 2 is 1.88 bits per heavy atom. The number of rotatable bonds is 8. The molecule has 1 heterocycles. The van der Waals surface area contributed by atoms with E-state index in [4.69, 9.17) is 11.6 Å². The van der Waals surface area contributed by atoms with E-state index in [1.165, 1.54) is 10.6 Å². The minimum absolute atomic E-state index is 0.157. The molecule has 4 rings (SSSR count). The lowest BCUT2D eigenvalue weighted by Crippen LogP contribution is -2.18. The summed E-state index contributed by atoms with van der Waals surface area (Å²) in [5.41, 5.74) is 4.32. The summed E-state index contributed by atoms with van der Waals surface area (Å²) < 4.78 is 28.6. The number of oxime groups is 1. The number of halogens is 1. The number of pyridine rings is 1. The second-order valence-electron chi connectivity index (χ2n) is 8.64. The quantitative estimate of drug-likeness (QED) is 0.267. The molecule has 7 nitrogen and oxygen atoms in total. The van der Waals surface area contributed by atoms with E-state index in [2.05, 4.69) is 9.88 Å². The number of anilines is 1. The molecule has 1 aliphatic rings. The van der Waals surface area contributed by atoms with Crippen molar-refractivity contribution in [2.75, 3.05) is 4.72 Å². The smallest absolute Gasteiger partial charge is 0.250 e. The molecule has 178 valence electrons. The first-order valence-corrected chi connectivity index (χ1v) is 12.9. The van der Waals surface area contributed by atoms with Crippen LogP contribution in [0.1, 0.15) is 47.4 Å². The Labute approximate surface area is 203 Å². The molecule has 0 bridgehead atoms. The molecule has 1 aliphatic carbocycles. The number of benzene rings is 2. The van der Waals surface area contributed by atoms with Gasteiger partial charge in [-0.15, -0.1) is 0 Å². The summed E-state index contributed by atoms with van der Waals surface area (Å²) in [6.07, 6.45) is 3.38.